The zero-order valence-electron chi connectivity index (χ0n) is 3.16. The summed E-state index contributed by atoms with van der Waals surface area (Å²) in [6.45, 7) is 0. The van der Waals surface area contributed by atoms with Crippen molar-refractivity contribution in [3.05, 3.63) is 0 Å². The third kappa shape index (κ3) is 103. The van der Waals surface area contributed by atoms with E-state index in [1.807, 2.05) is 0 Å². The molecule has 0 bridgehead atoms. The van der Waals surface area contributed by atoms with Gasteiger partial charge >= 0.3 is 10.4 Å². The van der Waals surface area contributed by atoms with Gasteiger partial charge in [-0.25, -0.2) is 0 Å². The van der Waals surface area contributed by atoms with Gasteiger partial charge in [-0.2, -0.15) is 8.42 Å². The quantitative estimate of drug-likeness (QED) is 0.316. The van der Waals surface area contributed by atoms with E-state index in [-0.39, 0.29) is 64.8 Å². The van der Waals surface area contributed by atoms with Gasteiger partial charge in [0.15, 0.2) is 0 Å². The maximum absolute atomic E-state index is 8.74. The van der Waals surface area contributed by atoms with Crippen LogP contribution in [0.2, 0.25) is 0 Å². The fourth-order valence-electron chi connectivity index (χ4n) is 0. The Labute approximate surface area is 91.7 Å². The normalized spacial score (nSPS) is 7.25. The van der Waals surface area contributed by atoms with Gasteiger partial charge < -0.3 is 0 Å². The van der Waals surface area contributed by atoms with Gasteiger partial charge in [0, 0.05) is 40.8 Å². The van der Waals surface area contributed by atoms with Crippen LogP contribution in [0, 0.1) is 0 Å². The Morgan fingerprint density at radius 1 is 1.00 bits per heavy atom. The van der Waals surface area contributed by atoms with Crippen LogP contribution in [-0.2, 0) is 51.2 Å². The van der Waals surface area contributed by atoms with Crippen molar-refractivity contribution >= 4 is 34.4 Å². The third-order valence-electron chi connectivity index (χ3n) is 0. The molecule has 0 radical (unpaired) electrons. The molecule has 0 amide bonds. The first-order chi connectivity index (χ1) is 2.00. The molecule has 0 unspecified atom stereocenters. The molecule has 0 spiro atoms. The number of hydrogen-bond donors (Lipinski definition) is 2. The molecule has 0 fully saturated rings. The Morgan fingerprint density at radius 3 is 1.00 bits per heavy atom. The van der Waals surface area contributed by atoms with Crippen LogP contribution in [0.1, 0.15) is 0 Å². The second-order valence-corrected chi connectivity index (χ2v) is 1.34. The van der Waals surface area contributed by atoms with Crippen LogP contribution in [0.3, 0.4) is 0 Å². The van der Waals surface area contributed by atoms with Gasteiger partial charge in [-0.15, -0.1) is 24.0 Å². The molecule has 0 aliphatic heterocycles. The molecule has 0 aromatic heterocycles. The summed E-state index contributed by atoms with van der Waals surface area (Å²) < 4.78 is 31.6. The molecule has 0 atom stereocenters. The molecular weight excluding hydrogens is 436 g/mol. The van der Waals surface area contributed by atoms with E-state index in [0.29, 0.717) is 0 Å². The van der Waals surface area contributed by atoms with Crippen molar-refractivity contribution in [2.45, 2.75) is 0 Å². The van der Waals surface area contributed by atoms with Crippen LogP contribution in [0.4, 0.5) is 0 Å². The zero-order valence-corrected chi connectivity index (χ0v) is 9.42. The van der Waals surface area contributed by atoms with Gasteiger partial charge in [0.2, 0.25) is 0 Å². The molecule has 0 saturated carbocycles. The van der Waals surface area contributed by atoms with E-state index in [1.54, 1.807) is 0 Å². The Hall–Kier alpha value is 1.92. The zero-order chi connectivity index (χ0) is 4.50. The molecule has 0 saturated heterocycles. The molecule has 8 heavy (non-hydrogen) atoms. The SMILES string of the molecule is I.O=S(=O)(O)O.[Pd].[Pd]. The van der Waals surface area contributed by atoms with E-state index in [1.165, 1.54) is 0 Å². The van der Waals surface area contributed by atoms with Crippen LogP contribution in [0.5, 0.6) is 0 Å². The summed E-state index contributed by atoms with van der Waals surface area (Å²) in [5, 5.41) is 0. The van der Waals surface area contributed by atoms with E-state index < -0.39 is 10.4 Å². The molecule has 0 rings (SSSR count). The predicted molar refractivity (Wildman–Crippen MR) is 29.6 cm³/mol. The molecule has 0 aliphatic carbocycles. The molecular formula is H3IO4Pd2S. The fourth-order valence-corrected chi connectivity index (χ4v) is 0. The van der Waals surface area contributed by atoms with Gasteiger partial charge in [-0.3, -0.25) is 9.11 Å². The van der Waals surface area contributed by atoms with Gasteiger partial charge in [0.1, 0.15) is 0 Å². The van der Waals surface area contributed by atoms with Gasteiger partial charge in [-0.05, 0) is 0 Å². The van der Waals surface area contributed by atoms with Gasteiger partial charge in [0.25, 0.3) is 0 Å². The molecule has 60 valence electrons. The van der Waals surface area contributed by atoms with Crippen LogP contribution in [0.15, 0.2) is 0 Å². The van der Waals surface area contributed by atoms with E-state index >= 15 is 0 Å². The maximum Gasteiger partial charge on any atom is 0.394 e. The largest absolute Gasteiger partial charge is 0.394 e. The predicted octanol–water partition coefficient (Wildman–Crippen LogP) is -0.0398. The summed E-state index contributed by atoms with van der Waals surface area (Å²) in [5.41, 5.74) is 0. The third-order valence-corrected chi connectivity index (χ3v) is 0. The van der Waals surface area contributed by atoms with E-state index in [2.05, 4.69) is 0 Å². The van der Waals surface area contributed by atoms with Crippen LogP contribution in [0.25, 0.3) is 0 Å². The monoisotopic (exact) mass is 438 g/mol. The molecule has 0 aromatic rings. The Bertz CT molecular complexity index is 97.2. The summed E-state index contributed by atoms with van der Waals surface area (Å²) in [7, 11) is -4.67. The smallest absolute Gasteiger partial charge is 0.264 e. The second-order valence-electron chi connectivity index (χ2n) is 0.448. The average molecular weight is 439 g/mol. The van der Waals surface area contributed by atoms with E-state index in [9.17, 15) is 0 Å². The number of rotatable bonds is 0. The van der Waals surface area contributed by atoms with Gasteiger partial charge in [-0.1, -0.05) is 0 Å². The second kappa shape index (κ2) is 8.92. The first kappa shape index (κ1) is 22.5. The van der Waals surface area contributed by atoms with Crippen molar-refractivity contribution in [1.82, 2.24) is 0 Å². The summed E-state index contributed by atoms with van der Waals surface area (Å²) in [6.07, 6.45) is 0. The van der Waals surface area contributed by atoms with Crippen molar-refractivity contribution < 1.29 is 58.4 Å². The van der Waals surface area contributed by atoms with Crippen molar-refractivity contribution in [2.24, 2.45) is 0 Å². The van der Waals surface area contributed by atoms with Crippen LogP contribution in [-0.4, -0.2) is 17.5 Å². The molecule has 0 aromatic carbocycles. The first-order valence-electron chi connectivity index (χ1n) is 0.698. The summed E-state index contributed by atoms with van der Waals surface area (Å²) in [6, 6.07) is 0. The molecule has 2 N–H and O–H groups in total. The fraction of sp³-hybridized carbons (Fsp3) is 0. The van der Waals surface area contributed by atoms with Crippen molar-refractivity contribution in [1.29, 1.82) is 0 Å². The topological polar surface area (TPSA) is 74.6 Å². The summed E-state index contributed by atoms with van der Waals surface area (Å²) >= 11 is 0. The van der Waals surface area contributed by atoms with Crippen molar-refractivity contribution in [3.63, 3.8) is 0 Å². The van der Waals surface area contributed by atoms with E-state index in [4.69, 9.17) is 17.5 Å². The molecule has 4 nitrogen and oxygen atoms in total. The minimum absolute atomic E-state index is 0. The summed E-state index contributed by atoms with van der Waals surface area (Å²) in [5.74, 6) is 0. The Kier molecular flexibility index (Phi) is 25.1. The Morgan fingerprint density at radius 2 is 1.00 bits per heavy atom. The van der Waals surface area contributed by atoms with Gasteiger partial charge in [0.05, 0.1) is 0 Å². The molecule has 0 aliphatic rings. The average Bonchev–Trinajstić information content (AvgIpc) is 0.722. The standard InChI is InChI=1S/HI.H2O4S.2Pd/c;1-5(2,3)4;;/h1H;(H2,1,2,3,4);;. The molecule has 8 heteroatoms. The molecule has 0 heterocycles. The number of hydrogen-bond acceptors (Lipinski definition) is 2. The first-order valence-corrected chi connectivity index (χ1v) is 2.10. The van der Waals surface area contributed by atoms with Crippen molar-refractivity contribution in [2.75, 3.05) is 0 Å². The van der Waals surface area contributed by atoms with Crippen molar-refractivity contribution in [3.8, 4) is 0 Å². The number of halogens is 1. The van der Waals surface area contributed by atoms with Crippen LogP contribution >= 0.6 is 24.0 Å². The summed E-state index contributed by atoms with van der Waals surface area (Å²) in [4.78, 5) is 0. The van der Waals surface area contributed by atoms with Crippen LogP contribution < -0.4 is 0 Å². The maximum atomic E-state index is 8.74. The minimum atomic E-state index is -4.67. The van der Waals surface area contributed by atoms with E-state index in [0.717, 1.165) is 0 Å². The Balaban J connectivity index is -0.0000000267. The minimum Gasteiger partial charge on any atom is -0.264 e.